The van der Waals surface area contributed by atoms with Crippen LogP contribution in [-0.4, -0.2) is 60.5 Å². The molecule has 0 spiro atoms. The van der Waals surface area contributed by atoms with Gasteiger partial charge in [-0.15, -0.1) is 0 Å². The van der Waals surface area contributed by atoms with Crippen molar-refractivity contribution in [1.29, 1.82) is 0 Å². The number of likely N-dealkylation sites (N-methyl/N-ethyl adjacent to an activating group) is 1. The van der Waals surface area contributed by atoms with Crippen molar-refractivity contribution in [3.63, 3.8) is 0 Å². The highest BCUT2D eigenvalue weighted by molar-refractivity contribution is 9.10. The maximum absolute atomic E-state index is 12.0. The third-order valence-electron chi connectivity index (χ3n) is 6.16. The summed E-state index contributed by atoms with van der Waals surface area (Å²) in [6.45, 7) is 5.53. The fourth-order valence-electron chi connectivity index (χ4n) is 5.08. The van der Waals surface area contributed by atoms with Crippen molar-refractivity contribution in [2.45, 2.75) is 18.8 Å². The lowest BCUT2D eigenvalue weighted by atomic mass is 9.28. The summed E-state index contributed by atoms with van der Waals surface area (Å²) in [5, 5.41) is 0. The Morgan fingerprint density at radius 2 is 2.09 bits per heavy atom. The minimum absolute atomic E-state index is 0.149. The molecule has 2 heterocycles. The normalized spacial score (nSPS) is 37.0. The number of amides is 1. The standard InChI is InChI=1S/C17H23BrN4O/c1-21-4-6-22(7-5-21)11-16-9-17(10-16,15(19)23)14(16)13-8-12(18)2-3-20-13/h2-3,8,14H,4-7,9-11H2,1H3,(H2,19,23). The molecule has 6 heteroatoms. The van der Waals surface area contributed by atoms with Crippen LogP contribution in [0.4, 0.5) is 0 Å². The lowest BCUT2D eigenvalue weighted by Gasteiger charge is -2.75. The molecule has 5 nitrogen and oxygen atoms in total. The predicted octanol–water partition coefficient (Wildman–Crippen LogP) is 1.44. The number of hydrogen-bond acceptors (Lipinski definition) is 4. The molecule has 1 saturated heterocycles. The average molecular weight is 379 g/mol. The molecular formula is C17H23BrN4O. The Morgan fingerprint density at radius 1 is 1.39 bits per heavy atom. The summed E-state index contributed by atoms with van der Waals surface area (Å²) in [6.07, 6.45) is 3.68. The number of carbonyl (C=O) groups is 1. The molecule has 5 rings (SSSR count). The molecule has 3 aliphatic carbocycles. The number of aromatic nitrogens is 1. The number of hydrogen-bond donors (Lipinski definition) is 1. The van der Waals surface area contributed by atoms with Gasteiger partial charge in [0, 0.05) is 55.0 Å². The summed E-state index contributed by atoms with van der Waals surface area (Å²) >= 11 is 3.52. The molecule has 0 radical (unpaired) electrons. The Labute approximate surface area is 145 Å². The van der Waals surface area contributed by atoms with Gasteiger partial charge < -0.3 is 15.5 Å². The van der Waals surface area contributed by atoms with E-state index < -0.39 is 0 Å². The Balaban J connectivity index is 1.56. The van der Waals surface area contributed by atoms with E-state index in [0.29, 0.717) is 0 Å². The Kier molecular flexibility index (Phi) is 3.55. The monoisotopic (exact) mass is 378 g/mol. The first-order chi connectivity index (χ1) is 11.0. The maximum atomic E-state index is 12.0. The molecule has 1 unspecified atom stereocenters. The second-order valence-corrected chi connectivity index (χ2v) is 8.56. The van der Waals surface area contributed by atoms with Gasteiger partial charge in [0.1, 0.15) is 0 Å². The largest absolute Gasteiger partial charge is 0.369 e. The van der Waals surface area contributed by atoms with E-state index in [1.54, 1.807) is 0 Å². The zero-order valence-corrected chi connectivity index (χ0v) is 15.1. The summed E-state index contributed by atoms with van der Waals surface area (Å²) in [5.41, 5.74) is 6.61. The lowest BCUT2D eigenvalue weighted by Crippen LogP contribution is -2.76. The van der Waals surface area contributed by atoms with Gasteiger partial charge in [0.05, 0.1) is 5.41 Å². The Bertz CT molecular complexity index is 635. The highest BCUT2D eigenvalue weighted by Crippen LogP contribution is 2.80. The summed E-state index contributed by atoms with van der Waals surface area (Å²) in [7, 11) is 2.18. The molecule has 4 aliphatic rings. The summed E-state index contributed by atoms with van der Waals surface area (Å²) < 4.78 is 1.02. The van der Waals surface area contributed by atoms with E-state index in [0.717, 1.165) is 55.7 Å². The number of pyridine rings is 1. The van der Waals surface area contributed by atoms with Crippen LogP contribution in [0.15, 0.2) is 22.8 Å². The highest BCUT2D eigenvalue weighted by Gasteiger charge is 2.78. The van der Waals surface area contributed by atoms with Crippen molar-refractivity contribution in [2.24, 2.45) is 16.6 Å². The van der Waals surface area contributed by atoms with E-state index in [1.165, 1.54) is 0 Å². The first kappa shape index (κ1) is 15.5. The van der Waals surface area contributed by atoms with Crippen molar-refractivity contribution in [1.82, 2.24) is 14.8 Å². The number of nitrogens with two attached hydrogens (primary N) is 1. The first-order valence-corrected chi connectivity index (χ1v) is 9.07. The second-order valence-electron chi connectivity index (χ2n) is 7.65. The fraction of sp³-hybridized carbons (Fsp3) is 0.647. The number of halogens is 1. The predicted molar refractivity (Wildman–Crippen MR) is 91.9 cm³/mol. The molecular weight excluding hydrogens is 356 g/mol. The second kappa shape index (κ2) is 5.26. The van der Waals surface area contributed by atoms with Crippen LogP contribution in [0.1, 0.15) is 24.5 Å². The van der Waals surface area contributed by atoms with E-state index in [4.69, 9.17) is 5.73 Å². The molecule has 1 atom stereocenters. The minimum Gasteiger partial charge on any atom is -0.369 e. The quantitative estimate of drug-likeness (QED) is 0.860. The number of carbonyl (C=O) groups excluding carboxylic acids is 1. The van der Waals surface area contributed by atoms with Crippen LogP contribution in [0, 0.1) is 10.8 Å². The van der Waals surface area contributed by atoms with Crippen molar-refractivity contribution in [2.75, 3.05) is 39.8 Å². The highest BCUT2D eigenvalue weighted by atomic mass is 79.9. The average Bonchev–Trinajstić information content (AvgIpc) is 2.43. The van der Waals surface area contributed by atoms with Gasteiger partial charge >= 0.3 is 0 Å². The lowest BCUT2D eigenvalue weighted by molar-refractivity contribution is -0.235. The van der Waals surface area contributed by atoms with Crippen LogP contribution in [-0.2, 0) is 4.79 Å². The maximum Gasteiger partial charge on any atom is 0.224 e. The van der Waals surface area contributed by atoms with E-state index in [-0.39, 0.29) is 22.7 Å². The minimum atomic E-state index is -0.347. The van der Waals surface area contributed by atoms with Gasteiger partial charge in [0.25, 0.3) is 0 Å². The van der Waals surface area contributed by atoms with Crippen LogP contribution in [0.5, 0.6) is 0 Å². The van der Waals surface area contributed by atoms with Gasteiger partial charge in [-0.1, -0.05) is 15.9 Å². The van der Waals surface area contributed by atoms with Gasteiger partial charge in [-0.05, 0) is 37.4 Å². The van der Waals surface area contributed by atoms with E-state index in [9.17, 15) is 4.79 Å². The fourth-order valence-corrected chi connectivity index (χ4v) is 5.44. The van der Waals surface area contributed by atoms with Crippen molar-refractivity contribution >= 4 is 21.8 Å². The zero-order chi connectivity index (χ0) is 16.2. The number of primary amides is 1. The SMILES string of the molecule is CN1CCN(CC23CC(C(N)=O)(C2)C3c2cc(Br)ccn2)CC1. The molecule has 4 fully saturated rings. The van der Waals surface area contributed by atoms with Crippen LogP contribution in [0.3, 0.4) is 0 Å². The molecule has 1 aliphatic heterocycles. The molecule has 1 amide bonds. The molecule has 1 aromatic heterocycles. The van der Waals surface area contributed by atoms with E-state index >= 15 is 0 Å². The molecule has 23 heavy (non-hydrogen) atoms. The van der Waals surface area contributed by atoms with Gasteiger partial charge in [0.15, 0.2) is 0 Å². The third kappa shape index (κ3) is 2.26. The van der Waals surface area contributed by atoms with Crippen molar-refractivity contribution < 1.29 is 4.79 Å². The molecule has 0 aromatic carbocycles. The molecule has 1 aromatic rings. The summed E-state index contributed by atoms with van der Waals surface area (Å²) in [4.78, 5) is 21.5. The molecule has 2 bridgehead atoms. The van der Waals surface area contributed by atoms with E-state index in [2.05, 4.69) is 43.8 Å². The van der Waals surface area contributed by atoms with Gasteiger partial charge in [-0.2, -0.15) is 0 Å². The van der Waals surface area contributed by atoms with E-state index in [1.807, 2.05) is 12.3 Å². The molecule has 2 N–H and O–H groups in total. The summed E-state index contributed by atoms with van der Waals surface area (Å²) in [5.74, 6) is 0.0363. The Hall–Kier alpha value is -0.980. The number of piperazine rings is 1. The number of rotatable bonds is 4. The van der Waals surface area contributed by atoms with Crippen molar-refractivity contribution in [3.8, 4) is 0 Å². The van der Waals surface area contributed by atoms with Crippen LogP contribution >= 0.6 is 15.9 Å². The summed E-state index contributed by atoms with van der Waals surface area (Å²) in [6, 6.07) is 3.98. The van der Waals surface area contributed by atoms with Gasteiger partial charge in [-0.25, -0.2) is 0 Å². The van der Waals surface area contributed by atoms with Crippen LogP contribution < -0.4 is 5.73 Å². The third-order valence-corrected chi connectivity index (χ3v) is 6.66. The van der Waals surface area contributed by atoms with Crippen molar-refractivity contribution in [3.05, 3.63) is 28.5 Å². The molecule has 124 valence electrons. The van der Waals surface area contributed by atoms with Gasteiger partial charge in [-0.3, -0.25) is 9.78 Å². The van der Waals surface area contributed by atoms with Gasteiger partial charge in [0.2, 0.25) is 5.91 Å². The molecule has 3 saturated carbocycles. The smallest absolute Gasteiger partial charge is 0.224 e. The Morgan fingerprint density at radius 3 is 2.70 bits per heavy atom. The topological polar surface area (TPSA) is 62.5 Å². The number of nitrogens with zero attached hydrogens (tertiary/aromatic N) is 3. The van der Waals surface area contributed by atoms with Crippen LogP contribution in [0.25, 0.3) is 0 Å². The zero-order valence-electron chi connectivity index (χ0n) is 13.5. The van der Waals surface area contributed by atoms with Crippen LogP contribution in [0.2, 0.25) is 0 Å². The first-order valence-electron chi connectivity index (χ1n) is 8.28.